The van der Waals surface area contributed by atoms with Gasteiger partial charge in [0.25, 0.3) is 5.91 Å². The SMILES string of the molecule is C[C@]12CCC(=NOCC(=O)NC(Cc3ccccc3)C(=O)O)C=C1CCC1C2C(O)C[C@@]2(C)C1CC[C@]2(O)C(=O)CO. The van der Waals surface area contributed by atoms with Gasteiger partial charge in [0.1, 0.15) is 18.2 Å². The number of allylic oxidation sites excluding steroid dienone is 2. The molecule has 3 saturated carbocycles. The Morgan fingerprint density at radius 2 is 1.86 bits per heavy atom. The average molecular weight is 583 g/mol. The Morgan fingerprint density at radius 3 is 2.55 bits per heavy atom. The fraction of sp³-hybridized carbons (Fsp3) is 0.625. The molecule has 1 aromatic rings. The fourth-order valence-electron chi connectivity index (χ4n) is 8.82. The predicted molar refractivity (Wildman–Crippen MR) is 153 cm³/mol. The highest BCUT2D eigenvalue weighted by Crippen LogP contribution is 2.67. The van der Waals surface area contributed by atoms with Crippen LogP contribution in [0, 0.1) is 28.6 Å². The minimum absolute atomic E-state index is 0.0204. The molecule has 0 saturated heterocycles. The standard InChI is InChI=1S/C32H42N2O8/c1-30-12-10-21(34-42-18-27(38)33-24(29(39)40)14-19-6-4-3-5-7-19)15-20(30)8-9-22-23-11-13-32(41,26(37)17-35)31(23,2)16-25(36)28(22)30/h3-7,15,22-25,28,35-36,41H,8-14,16-18H2,1-2H3,(H,33,38)(H,39,40)/t22?,23?,24?,25?,28?,30-,31-,32-/m0/s1. The maximum atomic E-state index is 12.6. The molecular weight excluding hydrogens is 540 g/mol. The van der Waals surface area contributed by atoms with Crippen LogP contribution >= 0.6 is 0 Å². The molecule has 0 spiro atoms. The summed E-state index contributed by atoms with van der Waals surface area (Å²) in [5.74, 6) is -2.04. The number of aliphatic carboxylic acids is 1. The summed E-state index contributed by atoms with van der Waals surface area (Å²) in [6, 6.07) is 7.99. The molecule has 8 atom stereocenters. The van der Waals surface area contributed by atoms with Crippen LogP contribution in [0.5, 0.6) is 0 Å². The molecule has 1 amide bonds. The van der Waals surface area contributed by atoms with Gasteiger partial charge >= 0.3 is 5.97 Å². The number of fused-ring (bicyclic) bond motifs is 5. The van der Waals surface area contributed by atoms with Crippen molar-refractivity contribution in [1.82, 2.24) is 5.32 Å². The highest BCUT2D eigenvalue weighted by molar-refractivity contribution is 5.96. The molecular formula is C32H42N2O8. The molecule has 4 aliphatic carbocycles. The first-order valence-electron chi connectivity index (χ1n) is 14.9. The van der Waals surface area contributed by atoms with Crippen LogP contribution in [0.15, 0.2) is 47.1 Å². The van der Waals surface area contributed by atoms with E-state index >= 15 is 0 Å². The number of hydrogen-bond acceptors (Lipinski definition) is 8. The Bertz CT molecular complexity index is 1280. The highest BCUT2D eigenvalue weighted by Gasteiger charge is 2.68. The van der Waals surface area contributed by atoms with Crippen molar-refractivity contribution in [2.45, 2.75) is 83.0 Å². The first kappa shape index (κ1) is 30.4. The second-order valence-electron chi connectivity index (χ2n) is 13.1. The third-order valence-electron chi connectivity index (χ3n) is 11.0. The number of oxime groups is 1. The molecule has 5 unspecified atom stereocenters. The molecule has 228 valence electrons. The van der Waals surface area contributed by atoms with E-state index in [4.69, 9.17) is 4.84 Å². The molecule has 42 heavy (non-hydrogen) atoms. The number of nitrogens with zero attached hydrogens (tertiary/aromatic N) is 1. The summed E-state index contributed by atoms with van der Waals surface area (Å²) in [6.07, 6.45) is 5.74. The van der Waals surface area contributed by atoms with Crippen molar-refractivity contribution < 1.29 is 39.6 Å². The lowest BCUT2D eigenvalue weighted by Gasteiger charge is -2.60. The van der Waals surface area contributed by atoms with Crippen LogP contribution in [0.2, 0.25) is 0 Å². The zero-order chi connectivity index (χ0) is 30.3. The summed E-state index contributed by atoms with van der Waals surface area (Å²) >= 11 is 0. The smallest absolute Gasteiger partial charge is 0.326 e. The van der Waals surface area contributed by atoms with E-state index in [9.17, 15) is 34.8 Å². The molecule has 0 aliphatic heterocycles. The molecule has 5 N–H and O–H groups in total. The Kier molecular flexibility index (Phi) is 8.35. The van der Waals surface area contributed by atoms with E-state index < -0.39 is 54.0 Å². The van der Waals surface area contributed by atoms with Crippen LogP contribution in [0.4, 0.5) is 0 Å². The fourth-order valence-corrected chi connectivity index (χ4v) is 8.82. The molecule has 3 fully saturated rings. The maximum absolute atomic E-state index is 12.6. The van der Waals surface area contributed by atoms with E-state index in [2.05, 4.69) is 17.4 Å². The first-order chi connectivity index (χ1) is 19.9. The molecule has 0 heterocycles. The minimum atomic E-state index is -1.61. The topological polar surface area (TPSA) is 166 Å². The Balaban J connectivity index is 1.23. The summed E-state index contributed by atoms with van der Waals surface area (Å²) in [5.41, 5.74) is 0.0184. The summed E-state index contributed by atoms with van der Waals surface area (Å²) in [7, 11) is 0. The van der Waals surface area contributed by atoms with Gasteiger partial charge in [-0.1, -0.05) is 54.9 Å². The lowest BCUT2D eigenvalue weighted by molar-refractivity contribution is -0.181. The number of carboxylic acids is 1. The highest BCUT2D eigenvalue weighted by atomic mass is 16.6. The van der Waals surface area contributed by atoms with Gasteiger partial charge in [-0.2, -0.15) is 0 Å². The van der Waals surface area contributed by atoms with Crippen molar-refractivity contribution >= 4 is 23.4 Å². The van der Waals surface area contributed by atoms with Gasteiger partial charge in [0.15, 0.2) is 12.4 Å². The second kappa shape index (κ2) is 11.5. The number of carboxylic acid groups (broad SMARTS) is 1. The van der Waals surface area contributed by atoms with Crippen LogP contribution in [0.3, 0.4) is 0 Å². The Hall–Kier alpha value is -3.08. The van der Waals surface area contributed by atoms with Crippen molar-refractivity contribution in [3.05, 3.63) is 47.5 Å². The molecule has 0 radical (unpaired) electrons. The quantitative estimate of drug-likeness (QED) is 0.277. The molecule has 4 aliphatic rings. The van der Waals surface area contributed by atoms with Gasteiger partial charge in [-0.3, -0.25) is 9.59 Å². The number of nitrogens with one attached hydrogen (secondary N) is 1. The summed E-state index contributed by atoms with van der Waals surface area (Å²) in [5, 5.41) is 48.7. The molecule has 10 heteroatoms. The van der Waals surface area contributed by atoms with Crippen LogP contribution in [-0.4, -0.2) is 74.8 Å². The number of carbonyl (C=O) groups excluding carboxylic acids is 2. The van der Waals surface area contributed by atoms with E-state index in [0.29, 0.717) is 31.4 Å². The summed E-state index contributed by atoms with van der Waals surface area (Å²) in [4.78, 5) is 42.0. The van der Waals surface area contributed by atoms with Gasteiger partial charge in [0.2, 0.25) is 0 Å². The van der Waals surface area contributed by atoms with Gasteiger partial charge in [0.05, 0.1) is 11.8 Å². The molecule has 1 aromatic carbocycles. The number of hydrogen-bond donors (Lipinski definition) is 5. The van der Waals surface area contributed by atoms with Gasteiger partial charge in [-0.15, -0.1) is 0 Å². The second-order valence-corrected chi connectivity index (χ2v) is 13.1. The van der Waals surface area contributed by atoms with Crippen LogP contribution < -0.4 is 5.32 Å². The third-order valence-corrected chi connectivity index (χ3v) is 11.0. The summed E-state index contributed by atoms with van der Waals surface area (Å²) < 4.78 is 0. The number of rotatable bonds is 9. The van der Waals surface area contributed by atoms with Crippen molar-refractivity contribution in [3.63, 3.8) is 0 Å². The van der Waals surface area contributed by atoms with Crippen molar-refractivity contribution in [2.75, 3.05) is 13.2 Å². The van der Waals surface area contributed by atoms with Gasteiger partial charge in [-0.05, 0) is 79.8 Å². The van der Waals surface area contributed by atoms with E-state index in [1.54, 1.807) is 12.1 Å². The number of carbonyl (C=O) groups is 3. The van der Waals surface area contributed by atoms with Gasteiger partial charge < -0.3 is 30.6 Å². The van der Waals surface area contributed by atoms with Crippen molar-refractivity contribution in [1.29, 1.82) is 0 Å². The Morgan fingerprint density at radius 1 is 1.12 bits per heavy atom. The van der Waals surface area contributed by atoms with Gasteiger partial charge in [-0.25, -0.2) is 4.79 Å². The number of benzene rings is 1. The molecule has 5 rings (SSSR count). The van der Waals surface area contributed by atoms with Crippen LogP contribution in [0.1, 0.15) is 64.4 Å². The number of amides is 1. The largest absolute Gasteiger partial charge is 0.480 e. The maximum Gasteiger partial charge on any atom is 0.326 e. The first-order valence-corrected chi connectivity index (χ1v) is 14.9. The molecule has 10 nitrogen and oxygen atoms in total. The normalized spacial score (nSPS) is 37.1. The lowest BCUT2D eigenvalue weighted by atomic mass is 9.45. The number of ketones is 1. The van der Waals surface area contributed by atoms with Crippen molar-refractivity contribution in [3.8, 4) is 0 Å². The number of Topliss-reactive ketones (excluding diaryl/α,β-unsaturated/α-hetero) is 1. The minimum Gasteiger partial charge on any atom is -0.480 e. The van der Waals surface area contributed by atoms with Crippen molar-refractivity contribution in [2.24, 2.45) is 33.7 Å². The monoisotopic (exact) mass is 582 g/mol. The zero-order valence-corrected chi connectivity index (χ0v) is 24.3. The number of aliphatic hydroxyl groups excluding tert-OH is 2. The molecule has 0 aromatic heterocycles. The lowest BCUT2D eigenvalue weighted by Crippen LogP contribution is -2.62. The molecule has 0 bridgehead atoms. The van der Waals surface area contributed by atoms with E-state index in [0.717, 1.165) is 24.8 Å². The predicted octanol–water partition coefficient (Wildman–Crippen LogP) is 2.40. The van der Waals surface area contributed by atoms with Gasteiger partial charge in [0, 0.05) is 11.8 Å². The average Bonchev–Trinajstić information content (AvgIpc) is 3.23. The Labute approximate surface area is 245 Å². The van der Waals surface area contributed by atoms with E-state index in [-0.39, 0.29) is 29.6 Å². The zero-order valence-electron chi connectivity index (χ0n) is 24.3. The van der Waals surface area contributed by atoms with E-state index in [1.165, 1.54) is 5.57 Å². The summed E-state index contributed by atoms with van der Waals surface area (Å²) in [6.45, 7) is 2.99. The third kappa shape index (κ3) is 5.18. The number of aliphatic hydroxyl groups is 3. The van der Waals surface area contributed by atoms with E-state index in [1.807, 2.05) is 31.2 Å². The van der Waals surface area contributed by atoms with Crippen LogP contribution in [0.25, 0.3) is 0 Å². The van der Waals surface area contributed by atoms with Crippen LogP contribution in [-0.2, 0) is 25.6 Å².